The molecule has 100 valence electrons. The van der Waals surface area contributed by atoms with Crippen LogP contribution < -0.4 is 10.6 Å². The van der Waals surface area contributed by atoms with Gasteiger partial charge >= 0.3 is 0 Å². The molecule has 0 radical (unpaired) electrons. The summed E-state index contributed by atoms with van der Waals surface area (Å²) in [7, 11) is 3.33. The maximum Gasteiger partial charge on any atom is 0.219 e. The molecule has 0 aromatic carbocycles. The minimum Gasteiger partial charge on any atom is -0.383 e. The third-order valence-electron chi connectivity index (χ3n) is 1.52. The Morgan fingerprint density at radius 3 is 2.12 bits per heavy atom. The molecule has 4 heteroatoms. The predicted octanol–water partition coefficient (Wildman–Crippen LogP) is 1.80. The first-order valence-corrected chi connectivity index (χ1v) is 6.21. The number of amides is 1. The Balaban J connectivity index is -0.000000376. The van der Waals surface area contributed by atoms with Crippen molar-refractivity contribution in [1.82, 2.24) is 10.6 Å². The molecule has 0 aromatic rings. The Hall–Kier alpha value is -0.610. The van der Waals surface area contributed by atoms with Crippen LogP contribution in [0.15, 0.2) is 0 Å². The molecule has 0 saturated carbocycles. The minimum atomic E-state index is 0.101. The zero-order valence-electron chi connectivity index (χ0n) is 11.9. The Bertz CT molecular complexity index is 120. The Labute approximate surface area is 101 Å². The second-order valence-corrected chi connectivity index (χ2v) is 2.52. The van der Waals surface area contributed by atoms with E-state index < -0.39 is 0 Å². The second-order valence-electron chi connectivity index (χ2n) is 2.52. The molecule has 1 amide bonds. The van der Waals surface area contributed by atoms with E-state index in [0.717, 1.165) is 26.1 Å². The lowest BCUT2D eigenvalue weighted by molar-refractivity contribution is -0.120. The highest BCUT2D eigenvalue weighted by atomic mass is 16.5. The van der Waals surface area contributed by atoms with Crippen molar-refractivity contribution in [3.8, 4) is 0 Å². The van der Waals surface area contributed by atoms with Gasteiger partial charge in [-0.2, -0.15) is 0 Å². The largest absolute Gasteiger partial charge is 0.383 e. The lowest BCUT2D eigenvalue weighted by Gasteiger charge is -2.02. The summed E-state index contributed by atoms with van der Waals surface area (Å²) >= 11 is 0. The molecule has 0 aliphatic rings. The Morgan fingerprint density at radius 1 is 1.12 bits per heavy atom. The first-order chi connectivity index (χ1) is 7.81. The molecule has 0 aliphatic heterocycles. The number of rotatable bonds is 7. The molecule has 0 saturated heterocycles. The van der Waals surface area contributed by atoms with Crippen molar-refractivity contribution in [2.24, 2.45) is 0 Å². The van der Waals surface area contributed by atoms with Crippen LogP contribution in [0.3, 0.4) is 0 Å². The summed E-state index contributed by atoms with van der Waals surface area (Å²) in [6.07, 6.45) is 1.47. The van der Waals surface area contributed by atoms with Gasteiger partial charge in [-0.05, 0) is 13.0 Å². The third kappa shape index (κ3) is 23.3. The lowest BCUT2D eigenvalue weighted by Crippen LogP contribution is -2.23. The smallest absolute Gasteiger partial charge is 0.219 e. The van der Waals surface area contributed by atoms with Gasteiger partial charge in [-0.3, -0.25) is 4.79 Å². The van der Waals surface area contributed by atoms with Crippen molar-refractivity contribution < 1.29 is 9.53 Å². The number of hydrogen-bond acceptors (Lipinski definition) is 3. The molecule has 0 aromatic heterocycles. The summed E-state index contributed by atoms with van der Waals surface area (Å²) in [5.74, 6) is 0.101. The van der Waals surface area contributed by atoms with Crippen molar-refractivity contribution in [1.29, 1.82) is 0 Å². The number of carbonyl (C=O) groups is 1. The van der Waals surface area contributed by atoms with E-state index in [1.165, 1.54) is 0 Å². The summed E-state index contributed by atoms with van der Waals surface area (Å²) in [5, 5.41) is 5.74. The summed E-state index contributed by atoms with van der Waals surface area (Å²) in [6.45, 7) is 10.4. The average Bonchev–Trinajstić information content (AvgIpc) is 2.38. The zero-order valence-corrected chi connectivity index (χ0v) is 11.9. The number of nitrogens with one attached hydrogen (secondary N) is 2. The van der Waals surface area contributed by atoms with E-state index in [9.17, 15) is 4.79 Å². The van der Waals surface area contributed by atoms with Gasteiger partial charge in [-0.1, -0.05) is 27.7 Å². The van der Waals surface area contributed by atoms with Crippen LogP contribution in [-0.4, -0.2) is 39.8 Å². The molecule has 0 fully saturated rings. The Kier molecular flexibility index (Phi) is 31.0. The van der Waals surface area contributed by atoms with Gasteiger partial charge in [0.2, 0.25) is 5.91 Å². The van der Waals surface area contributed by atoms with Gasteiger partial charge in [0.1, 0.15) is 0 Å². The van der Waals surface area contributed by atoms with E-state index in [0.29, 0.717) is 6.42 Å². The van der Waals surface area contributed by atoms with Crippen LogP contribution in [0.25, 0.3) is 0 Å². The van der Waals surface area contributed by atoms with Crippen molar-refractivity contribution in [3.63, 3.8) is 0 Å². The van der Waals surface area contributed by atoms with E-state index in [1.54, 1.807) is 14.2 Å². The van der Waals surface area contributed by atoms with Crippen LogP contribution in [0.1, 0.15) is 40.5 Å². The molecule has 4 nitrogen and oxygen atoms in total. The number of methoxy groups -OCH3 is 1. The molecule has 0 bridgehead atoms. The fourth-order valence-electron chi connectivity index (χ4n) is 0.798. The predicted molar refractivity (Wildman–Crippen MR) is 70.7 cm³/mol. The van der Waals surface area contributed by atoms with Crippen molar-refractivity contribution in [3.05, 3.63) is 0 Å². The van der Waals surface area contributed by atoms with E-state index in [1.807, 2.05) is 27.7 Å². The van der Waals surface area contributed by atoms with E-state index in [2.05, 4.69) is 10.6 Å². The van der Waals surface area contributed by atoms with Gasteiger partial charge in [-0.25, -0.2) is 0 Å². The fraction of sp³-hybridized carbons (Fsp3) is 0.917. The molecule has 0 spiro atoms. The summed E-state index contributed by atoms with van der Waals surface area (Å²) in [6, 6.07) is 0. The molecular weight excluding hydrogens is 204 g/mol. The lowest BCUT2D eigenvalue weighted by atomic mass is 10.3. The third-order valence-corrected chi connectivity index (χ3v) is 1.52. The summed E-state index contributed by atoms with van der Waals surface area (Å²) in [5.41, 5.74) is 0. The normalized spacial score (nSPS) is 8.12. The Morgan fingerprint density at radius 2 is 1.69 bits per heavy atom. The molecule has 0 heterocycles. The highest BCUT2D eigenvalue weighted by Gasteiger charge is 1.95. The minimum absolute atomic E-state index is 0.101. The van der Waals surface area contributed by atoms with Gasteiger partial charge < -0.3 is 15.4 Å². The number of carbonyl (C=O) groups excluding carboxylic acids is 1. The quantitative estimate of drug-likeness (QED) is 0.660. The summed E-state index contributed by atoms with van der Waals surface area (Å²) in [4.78, 5) is 10.7. The molecule has 0 atom stereocenters. The second kappa shape index (κ2) is 23.9. The van der Waals surface area contributed by atoms with Gasteiger partial charge in [0.05, 0.1) is 6.61 Å². The molecule has 0 aliphatic carbocycles. The van der Waals surface area contributed by atoms with Gasteiger partial charge in [0.15, 0.2) is 0 Å². The van der Waals surface area contributed by atoms with Gasteiger partial charge in [-0.15, -0.1) is 0 Å². The van der Waals surface area contributed by atoms with Crippen LogP contribution in [0.5, 0.6) is 0 Å². The van der Waals surface area contributed by atoms with Gasteiger partial charge in [0, 0.05) is 27.1 Å². The maximum absolute atomic E-state index is 10.7. The molecule has 0 unspecified atom stereocenters. The monoisotopic (exact) mass is 234 g/mol. The van der Waals surface area contributed by atoms with Crippen LogP contribution in [0.4, 0.5) is 0 Å². The molecule has 0 rings (SSSR count). The molecule has 16 heavy (non-hydrogen) atoms. The average molecular weight is 234 g/mol. The van der Waals surface area contributed by atoms with E-state index >= 15 is 0 Å². The fourth-order valence-corrected chi connectivity index (χ4v) is 0.798. The van der Waals surface area contributed by atoms with Gasteiger partial charge in [0.25, 0.3) is 0 Å². The maximum atomic E-state index is 10.7. The van der Waals surface area contributed by atoms with E-state index in [-0.39, 0.29) is 5.91 Å². The van der Waals surface area contributed by atoms with Crippen molar-refractivity contribution in [2.45, 2.75) is 40.5 Å². The van der Waals surface area contributed by atoms with Crippen molar-refractivity contribution >= 4 is 5.91 Å². The van der Waals surface area contributed by atoms with Crippen LogP contribution >= 0.6 is 0 Å². The highest BCUT2D eigenvalue weighted by molar-refractivity contribution is 5.75. The number of ether oxygens (including phenoxy) is 1. The molecule has 2 N–H and O–H groups in total. The van der Waals surface area contributed by atoms with E-state index in [4.69, 9.17) is 4.74 Å². The number of hydrogen-bond donors (Lipinski definition) is 2. The van der Waals surface area contributed by atoms with Crippen LogP contribution in [0.2, 0.25) is 0 Å². The van der Waals surface area contributed by atoms with Crippen LogP contribution in [0, 0.1) is 0 Å². The topological polar surface area (TPSA) is 50.4 Å². The SMILES string of the molecule is CC.CC.CNC(=O)CCCNCCOC. The summed E-state index contributed by atoms with van der Waals surface area (Å²) < 4.78 is 4.85. The first kappa shape index (κ1) is 20.8. The highest BCUT2D eigenvalue weighted by Crippen LogP contribution is 1.85. The molecular formula is C12H30N2O2. The zero-order chi connectivity index (χ0) is 13.2. The standard InChI is InChI=1S/C8H18N2O2.2C2H6/c1-9-8(11)4-3-5-10-6-7-12-2;2*1-2/h10H,3-7H2,1-2H3,(H,9,11);2*1-2H3. The van der Waals surface area contributed by atoms with Crippen LogP contribution in [-0.2, 0) is 9.53 Å². The first-order valence-electron chi connectivity index (χ1n) is 6.21. The van der Waals surface area contributed by atoms with Crippen molar-refractivity contribution in [2.75, 3.05) is 33.9 Å².